The number of carbonyl (C=O) groups is 1. The van der Waals surface area contributed by atoms with E-state index < -0.39 is 22.2 Å². The topological polar surface area (TPSA) is 96.4 Å². The number of hydrogen-bond donors (Lipinski definition) is 1. The highest BCUT2D eigenvalue weighted by Crippen LogP contribution is 2.37. The Balaban J connectivity index is 2.05. The molecule has 8 nitrogen and oxygen atoms in total. The Hall–Kier alpha value is -1.94. The van der Waals surface area contributed by atoms with Crippen molar-refractivity contribution in [2.75, 3.05) is 40.5 Å². The molecule has 1 aliphatic heterocycles. The number of sulfonamides is 1. The molecule has 1 aromatic carbocycles. The van der Waals surface area contributed by atoms with Crippen LogP contribution in [0, 0.1) is 5.92 Å². The van der Waals surface area contributed by atoms with Gasteiger partial charge in [-0.15, -0.1) is 0 Å². The molecule has 0 aromatic heterocycles. The summed E-state index contributed by atoms with van der Waals surface area (Å²) in [7, 11) is -0.727. The molecule has 2 aliphatic rings. The van der Waals surface area contributed by atoms with E-state index in [9.17, 15) is 18.3 Å². The molecule has 3 atom stereocenters. The van der Waals surface area contributed by atoms with E-state index in [-0.39, 0.29) is 43.0 Å². The lowest BCUT2D eigenvalue weighted by Gasteiger charge is -2.37. The van der Waals surface area contributed by atoms with E-state index in [4.69, 9.17) is 9.47 Å². The summed E-state index contributed by atoms with van der Waals surface area (Å²) in [5.74, 6) is -0.111. The second-order valence-corrected chi connectivity index (χ2v) is 10.9. The quantitative estimate of drug-likeness (QED) is 0.644. The van der Waals surface area contributed by atoms with Crippen LogP contribution in [0.15, 0.2) is 29.2 Å². The fraction of sp³-hybridized carbons (Fsp3) is 0.625. The lowest BCUT2D eigenvalue weighted by atomic mass is 9.93. The van der Waals surface area contributed by atoms with E-state index in [1.54, 1.807) is 24.9 Å². The zero-order chi connectivity index (χ0) is 24.2. The summed E-state index contributed by atoms with van der Waals surface area (Å²) < 4.78 is 39.8. The van der Waals surface area contributed by atoms with Gasteiger partial charge < -0.3 is 19.5 Å². The summed E-state index contributed by atoms with van der Waals surface area (Å²) in [5, 5.41) is 9.76. The SMILES string of the molecule is COCC(=O)N(C)C[C@H]1Oc2cc(C3=CCCCC3)ccc2S(=O)(=O)N([C@H](C)CO)C[C@@H]1C. The number of fused-ring (bicyclic) bond motifs is 1. The Morgan fingerprint density at radius 2 is 2.12 bits per heavy atom. The average molecular weight is 481 g/mol. The van der Waals surface area contributed by atoms with Gasteiger partial charge in [-0.05, 0) is 55.9 Å². The molecule has 1 amide bonds. The smallest absolute Gasteiger partial charge is 0.248 e. The zero-order valence-electron chi connectivity index (χ0n) is 20.0. The molecule has 0 bridgehead atoms. The van der Waals surface area contributed by atoms with E-state index >= 15 is 0 Å². The van der Waals surface area contributed by atoms with Crippen molar-refractivity contribution in [2.45, 2.75) is 56.6 Å². The predicted octanol–water partition coefficient (Wildman–Crippen LogP) is 2.52. The van der Waals surface area contributed by atoms with Gasteiger partial charge in [0, 0.05) is 32.7 Å². The molecule has 0 radical (unpaired) electrons. The van der Waals surface area contributed by atoms with E-state index in [1.165, 1.54) is 17.0 Å². The molecular weight excluding hydrogens is 444 g/mol. The summed E-state index contributed by atoms with van der Waals surface area (Å²) >= 11 is 0. The Labute approximate surface area is 197 Å². The van der Waals surface area contributed by atoms with Crippen LogP contribution in [0.2, 0.25) is 0 Å². The Bertz CT molecular complexity index is 977. The van der Waals surface area contributed by atoms with Crippen LogP contribution < -0.4 is 4.74 Å². The lowest BCUT2D eigenvalue weighted by molar-refractivity contribution is -0.135. The third-order valence-corrected chi connectivity index (χ3v) is 8.50. The molecule has 0 fully saturated rings. The lowest BCUT2D eigenvalue weighted by Crippen LogP contribution is -2.50. The van der Waals surface area contributed by atoms with E-state index in [2.05, 4.69) is 6.08 Å². The summed E-state index contributed by atoms with van der Waals surface area (Å²) in [4.78, 5) is 13.9. The minimum Gasteiger partial charge on any atom is -0.487 e. The van der Waals surface area contributed by atoms with Crippen molar-refractivity contribution >= 4 is 21.5 Å². The first-order valence-corrected chi connectivity index (χ1v) is 13.0. The van der Waals surface area contributed by atoms with Crippen molar-refractivity contribution in [1.29, 1.82) is 0 Å². The summed E-state index contributed by atoms with van der Waals surface area (Å²) in [5.41, 5.74) is 2.16. The second kappa shape index (κ2) is 11.0. The summed E-state index contributed by atoms with van der Waals surface area (Å²) in [6.07, 6.45) is 6.01. The summed E-state index contributed by atoms with van der Waals surface area (Å²) in [6, 6.07) is 4.68. The van der Waals surface area contributed by atoms with Gasteiger partial charge in [-0.1, -0.05) is 19.1 Å². The van der Waals surface area contributed by atoms with Gasteiger partial charge in [0.05, 0.1) is 13.2 Å². The molecule has 0 unspecified atom stereocenters. The largest absolute Gasteiger partial charge is 0.487 e. The first-order valence-electron chi connectivity index (χ1n) is 11.5. The van der Waals surface area contributed by atoms with Crippen LogP contribution in [-0.4, -0.2) is 81.2 Å². The van der Waals surface area contributed by atoms with Gasteiger partial charge >= 0.3 is 0 Å². The Morgan fingerprint density at radius 3 is 2.76 bits per heavy atom. The van der Waals surface area contributed by atoms with E-state index in [0.717, 1.165) is 31.2 Å². The first kappa shape index (κ1) is 25.7. The van der Waals surface area contributed by atoms with Crippen molar-refractivity contribution in [3.05, 3.63) is 29.8 Å². The number of benzene rings is 1. The number of aliphatic hydroxyl groups excluding tert-OH is 1. The van der Waals surface area contributed by atoms with Crippen LogP contribution in [0.4, 0.5) is 0 Å². The predicted molar refractivity (Wildman–Crippen MR) is 126 cm³/mol. The van der Waals surface area contributed by atoms with Crippen LogP contribution in [0.3, 0.4) is 0 Å². The van der Waals surface area contributed by atoms with Crippen molar-refractivity contribution in [1.82, 2.24) is 9.21 Å². The molecule has 0 saturated heterocycles. The van der Waals surface area contributed by atoms with Gasteiger partial charge in [-0.25, -0.2) is 8.42 Å². The molecule has 3 rings (SSSR count). The van der Waals surface area contributed by atoms with Crippen molar-refractivity contribution in [2.24, 2.45) is 5.92 Å². The molecule has 0 saturated carbocycles. The van der Waals surface area contributed by atoms with Gasteiger partial charge in [0.1, 0.15) is 23.4 Å². The van der Waals surface area contributed by atoms with Crippen molar-refractivity contribution in [3.63, 3.8) is 0 Å². The van der Waals surface area contributed by atoms with E-state index in [0.29, 0.717) is 5.75 Å². The molecule has 33 heavy (non-hydrogen) atoms. The first-order chi connectivity index (χ1) is 15.7. The van der Waals surface area contributed by atoms with Gasteiger partial charge in [0.2, 0.25) is 15.9 Å². The molecule has 1 heterocycles. The number of hydrogen-bond acceptors (Lipinski definition) is 6. The van der Waals surface area contributed by atoms with Crippen LogP contribution in [0.1, 0.15) is 45.1 Å². The number of likely N-dealkylation sites (N-methyl/N-ethyl adjacent to an activating group) is 1. The number of ether oxygens (including phenoxy) is 2. The number of allylic oxidation sites excluding steroid dienone is 2. The fourth-order valence-corrected chi connectivity index (χ4v) is 6.17. The minimum atomic E-state index is -3.88. The second-order valence-electron chi connectivity index (χ2n) is 9.08. The Kier molecular flexibility index (Phi) is 8.55. The molecule has 1 N–H and O–H groups in total. The van der Waals surface area contributed by atoms with Crippen LogP contribution >= 0.6 is 0 Å². The van der Waals surface area contributed by atoms with Gasteiger partial charge in [-0.2, -0.15) is 4.31 Å². The van der Waals surface area contributed by atoms with Gasteiger partial charge in [-0.3, -0.25) is 4.79 Å². The van der Waals surface area contributed by atoms with E-state index in [1.807, 2.05) is 19.1 Å². The molecule has 184 valence electrons. The normalized spacial score (nSPS) is 24.0. The van der Waals surface area contributed by atoms with Crippen LogP contribution in [0.5, 0.6) is 5.75 Å². The van der Waals surface area contributed by atoms with Gasteiger partial charge in [0.25, 0.3) is 0 Å². The van der Waals surface area contributed by atoms with Crippen LogP contribution in [-0.2, 0) is 19.6 Å². The minimum absolute atomic E-state index is 0.0332. The maximum Gasteiger partial charge on any atom is 0.248 e. The fourth-order valence-electron chi connectivity index (χ4n) is 4.35. The van der Waals surface area contributed by atoms with Crippen molar-refractivity contribution < 1.29 is 27.8 Å². The maximum atomic E-state index is 13.6. The average Bonchev–Trinajstić information content (AvgIpc) is 2.81. The number of nitrogens with zero attached hydrogens (tertiary/aromatic N) is 2. The number of methoxy groups -OCH3 is 1. The number of amides is 1. The third kappa shape index (κ3) is 5.77. The highest BCUT2D eigenvalue weighted by molar-refractivity contribution is 7.89. The molecule has 1 aliphatic carbocycles. The third-order valence-electron chi connectivity index (χ3n) is 6.48. The number of carbonyl (C=O) groups excluding carboxylic acids is 1. The summed E-state index contributed by atoms with van der Waals surface area (Å²) in [6.45, 7) is 3.74. The zero-order valence-corrected chi connectivity index (χ0v) is 20.8. The highest BCUT2D eigenvalue weighted by atomic mass is 32.2. The monoisotopic (exact) mass is 480 g/mol. The molecule has 9 heteroatoms. The Morgan fingerprint density at radius 1 is 1.36 bits per heavy atom. The number of aliphatic hydroxyl groups is 1. The number of rotatable bonds is 7. The maximum absolute atomic E-state index is 13.6. The van der Waals surface area contributed by atoms with Gasteiger partial charge in [0.15, 0.2) is 0 Å². The molecule has 1 aromatic rings. The van der Waals surface area contributed by atoms with Crippen molar-refractivity contribution in [3.8, 4) is 5.75 Å². The van der Waals surface area contributed by atoms with Crippen LogP contribution in [0.25, 0.3) is 5.57 Å². The molecule has 0 spiro atoms. The molecular formula is C24H36N2O6S. The standard InChI is InChI=1S/C24H36N2O6S/c1-17-13-26(18(2)15-27)33(29,30)23-11-10-20(19-8-6-5-7-9-19)12-21(23)32-22(17)14-25(3)24(28)16-31-4/h8,10-12,17-18,22,27H,5-7,9,13-16H2,1-4H3/t17-,18+,22+/m0/s1. The highest BCUT2D eigenvalue weighted by Gasteiger charge is 2.38.